The fourth-order valence-corrected chi connectivity index (χ4v) is 2.66. The summed E-state index contributed by atoms with van der Waals surface area (Å²) in [4.78, 5) is 11.9. The zero-order valence-electron chi connectivity index (χ0n) is 11.3. The summed E-state index contributed by atoms with van der Waals surface area (Å²) in [5, 5.41) is 6.77. The lowest BCUT2D eigenvalue weighted by Crippen LogP contribution is -2.16. The van der Waals surface area contributed by atoms with E-state index in [1.165, 1.54) is 12.1 Å². The summed E-state index contributed by atoms with van der Waals surface area (Å²) in [6, 6.07) is 3.03. The van der Waals surface area contributed by atoms with E-state index in [0.717, 1.165) is 0 Å². The van der Waals surface area contributed by atoms with Crippen LogP contribution in [0.2, 0.25) is 10.0 Å². The van der Waals surface area contributed by atoms with Crippen LogP contribution >= 0.6 is 23.2 Å². The van der Waals surface area contributed by atoms with E-state index in [2.05, 4.69) is 21.7 Å². The van der Waals surface area contributed by atoms with Crippen LogP contribution in [0.3, 0.4) is 0 Å². The van der Waals surface area contributed by atoms with Gasteiger partial charge in [0.2, 0.25) is 5.88 Å². The minimum atomic E-state index is -0.334. The largest absolute Gasteiger partial charge is 0.434 e. The highest BCUT2D eigenvalue weighted by atomic mass is 35.5. The number of H-pyrrole nitrogens is 1. The smallest absolute Gasteiger partial charge is 0.273 e. The average Bonchev–Trinajstić information content (AvgIpc) is 2.45. The van der Waals surface area contributed by atoms with Crippen LogP contribution in [0.5, 0.6) is 11.6 Å². The summed E-state index contributed by atoms with van der Waals surface area (Å²) in [5.41, 5.74) is 12.9. The fraction of sp³-hybridized carbons (Fsp3) is 0.0667. The lowest BCUT2D eigenvalue weighted by atomic mass is 10.0. The van der Waals surface area contributed by atoms with Crippen molar-refractivity contribution >= 4 is 40.5 Å². The number of anilines is 1. The van der Waals surface area contributed by atoms with Crippen LogP contribution in [0.15, 0.2) is 28.4 Å². The fourth-order valence-electron chi connectivity index (χ4n) is 2.08. The van der Waals surface area contributed by atoms with Gasteiger partial charge in [0.05, 0.1) is 21.2 Å². The third-order valence-corrected chi connectivity index (χ3v) is 3.62. The van der Waals surface area contributed by atoms with Crippen molar-refractivity contribution in [3.8, 4) is 11.6 Å². The topological polar surface area (TPSA) is 81.0 Å². The molecule has 22 heavy (non-hydrogen) atoms. The predicted molar refractivity (Wildman–Crippen MR) is 86.4 cm³/mol. The van der Waals surface area contributed by atoms with E-state index in [9.17, 15) is 4.79 Å². The van der Waals surface area contributed by atoms with Crippen LogP contribution in [0.1, 0.15) is 18.1 Å². The molecule has 1 aromatic carbocycles. The summed E-state index contributed by atoms with van der Waals surface area (Å²) < 4.78 is 5.68. The number of halogens is 2. The van der Waals surface area contributed by atoms with Crippen molar-refractivity contribution in [3.05, 3.63) is 55.1 Å². The second-order valence-corrected chi connectivity index (χ2v) is 5.42. The summed E-state index contributed by atoms with van der Waals surface area (Å²) in [6.07, 6.45) is 1.57. The van der Waals surface area contributed by atoms with Gasteiger partial charge < -0.3 is 10.5 Å². The van der Waals surface area contributed by atoms with Crippen LogP contribution in [-0.4, -0.2) is 10.2 Å². The second kappa shape index (κ2) is 5.41. The van der Waals surface area contributed by atoms with Crippen LogP contribution in [-0.2, 0) is 0 Å². The Kier molecular flexibility index (Phi) is 3.57. The number of ether oxygens (including phenoxy) is 1. The van der Waals surface area contributed by atoms with Crippen LogP contribution in [0, 0.1) is 0 Å². The van der Waals surface area contributed by atoms with Gasteiger partial charge in [0.1, 0.15) is 0 Å². The lowest BCUT2D eigenvalue weighted by molar-refractivity contribution is 0.453. The summed E-state index contributed by atoms with van der Waals surface area (Å²) in [6.45, 7) is 1.75. The number of nitrogens with zero attached hydrogens (tertiary/aromatic N) is 1. The molecule has 1 aliphatic carbocycles. The maximum absolute atomic E-state index is 11.9. The number of hydrogen-bond acceptors (Lipinski definition) is 4. The van der Waals surface area contributed by atoms with Crippen molar-refractivity contribution in [2.75, 3.05) is 5.73 Å². The highest BCUT2D eigenvalue weighted by Gasteiger charge is 2.19. The molecule has 2 aromatic rings. The molecule has 3 N–H and O–H groups in total. The van der Waals surface area contributed by atoms with Crippen LogP contribution in [0.25, 0.3) is 11.6 Å². The SMILES string of the molecule is CC1=C=C=Cc2c(Oc3c(Cl)cc(N)cc3Cl)n[nH]c(=O)c21. The number of nitrogens with one attached hydrogen (secondary N) is 1. The van der Waals surface area contributed by atoms with Gasteiger partial charge in [-0.05, 0) is 19.1 Å². The Morgan fingerprint density at radius 1 is 1.32 bits per heavy atom. The van der Waals surface area contributed by atoms with Crippen LogP contribution in [0.4, 0.5) is 5.69 Å². The molecular weight excluding hydrogens is 325 g/mol. The Morgan fingerprint density at radius 3 is 2.68 bits per heavy atom. The molecule has 0 saturated heterocycles. The minimum Gasteiger partial charge on any atom is -0.434 e. The molecule has 0 bridgehead atoms. The summed E-state index contributed by atoms with van der Waals surface area (Å²) in [7, 11) is 0. The highest BCUT2D eigenvalue weighted by molar-refractivity contribution is 6.37. The molecule has 0 saturated carbocycles. The monoisotopic (exact) mass is 333 g/mol. The first-order valence-electron chi connectivity index (χ1n) is 6.21. The Balaban J connectivity index is 2.14. The zero-order chi connectivity index (χ0) is 15.9. The van der Waals surface area contributed by atoms with E-state index in [1.54, 1.807) is 13.0 Å². The normalized spacial score (nSPS) is 12.0. The predicted octanol–water partition coefficient (Wildman–Crippen LogP) is 3.64. The van der Waals surface area contributed by atoms with E-state index in [4.69, 9.17) is 33.7 Å². The molecule has 0 unspecified atom stereocenters. The molecule has 0 aliphatic heterocycles. The maximum Gasteiger partial charge on any atom is 0.273 e. The minimum absolute atomic E-state index is 0.163. The molecule has 1 aliphatic rings. The number of aromatic amines is 1. The number of benzene rings is 1. The Bertz CT molecular complexity index is 927. The third kappa shape index (κ3) is 2.43. The van der Waals surface area contributed by atoms with Crippen LogP contribution < -0.4 is 16.0 Å². The average molecular weight is 334 g/mol. The van der Waals surface area contributed by atoms with E-state index in [-0.39, 0.29) is 27.2 Å². The summed E-state index contributed by atoms with van der Waals surface area (Å²) >= 11 is 12.2. The highest BCUT2D eigenvalue weighted by Crippen LogP contribution is 2.39. The Hall–Kier alpha value is -2.42. The first-order chi connectivity index (χ1) is 10.5. The first kappa shape index (κ1) is 14.5. The number of rotatable bonds is 2. The van der Waals surface area contributed by atoms with Crippen molar-refractivity contribution in [1.82, 2.24) is 10.2 Å². The van der Waals surface area contributed by atoms with E-state index in [1.807, 2.05) is 0 Å². The molecular formula is C15H9Cl2N3O2. The first-order valence-corrected chi connectivity index (χ1v) is 6.96. The van der Waals surface area contributed by atoms with Gasteiger partial charge in [0, 0.05) is 17.3 Å². The molecule has 0 fully saturated rings. The number of nitrogens with two attached hydrogens (primary N) is 1. The van der Waals surface area contributed by atoms with Gasteiger partial charge in [0.25, 0.3) is 5.56 Å². The van der Waals surface area contributed by atoms with E-state index >= 15 is 0 Å². The molecule has 0 atom stereocenters. The Labute approximate surface area is 135 Å². The number of hydrogen-bond donors (Lipinski definition) is 2. The van der Waals surface area contributed by atoms with Crippen molar-refractivity contribution in [2.24, 2.45) is 0 Å². The Morgan fingerprint density at radius 2 is 2.00 bits per heavy atom. The molecule has 5 nitrogen and oxygen atoms in total. The second-order valence-electron chi connectivity index (χ2n) is 4.60. The number of nitrogen functional groups attached to an aromatic ring is 1. The molecule has 1 aromatic heterocycles. The van der Waals surface area contributed by atoms with Gasteiger partial charge in [0.15, 0.2) is 5.75 Å². The van der Waals surface area contributed by atoms with Crippen molar-refractivity contribution in [3.63, 3.8) is 0 Å². The van der Waals surface area contributed by atoms with Gasteiger partial charge in [-0.1, -0.05) is 34.7 Å². The van der Waals surface area contributed by atoms with Gasteiger partial charge in [-0.25, -0.2) is 5.10 Å². The third-order valence-electron chi connectivity index (χ3n) is 3.06. The molecule has 7 heteroatoms. The van der Waals surface area contributed by atoms with E-state index < -0.39 is 0 Å². The molecule has 1 heterocycles. The van der Waals surface area contributed by atoms with Gasteiger partial charge >= 0.3 is 0 Å². The lowest BCUT2D eigenvalue weighted by Gasteiger charge is -2.13. The quantitative estimate of drug-likeness (QED) is 0.649. The summed E-state index contributed by atoms with van der Waals surface area (Å²) in [5.74, 6) is 0.375. The zero-order valence-corrected chi connectivity index (χ0v) is 12.8. The maximum atomic E-state index is 11.9. The van der Waals surface area contributed by atoms with Gasteiger partial charge in [-0.2, -0.15) is 0 Å². The molecule has 0 spiro atoms. The molecule has 3 rings (SSSR count). The number of aromatic nitrogens is 2. The van der Waals surface area contributed by atoms with Crippen molar-refractivity contribution in [2.45, 2.75) is 6.92 Å². The molecule has 110 valence electrons. The van der Waals surface area contributed by atoms with Gasteiger partial charge in [-0.15, -0.1) is 5.10 Å². The van der Waals surface area contributed by atoms with Crippen molar-refractivity contribution < 1.29 is 4.74 Å². The number of fused-ring (bicyclic) bond motifs is 1. The van der Waals surface area contributed by atoms with Gasteiger partial charge in [-0.3, -0.25) is 4.79 Å². The molecule has 0 radical (unpaired) electrons. The van der Waals surface area contributed by atoms with Crippen molar-refractivity contribution in [1.29, 1.82) is 0 Å². The molecule has 0 amide bonds. The van der Waals surface area contributed by atoms with E-state index in [0.29, 0.717) is 22.4 Å². The number of allylic oxidation sites excluding steroid dienone is 1. The standard InChI is InChI=1S/C15H9Cl2N3O2/c1-7-3-2-4-9-12(7)14(21)19-20-15(9)22-13-10(16)5-8(18)6-11(13)17/h4-6H,18H2,1H3,(H,19,21).